The highest BCUT2D eigenvalue weighted by Crippen LogP contribution is 2.25. The van der Waals surface area contributed by atoms with E-state index in [1.54, 1.807) is 18.2 Å². The molecule has 0 saturated carbocycles. The van der Waals surface area contributed by atoms with Crippen molar-refractivity contribution < 1.29 is 23.1 Å². The largest absolute Gasteiger partial charge is 0.481 e. The van der Waals surface area contributed by atoms with E-state index in [9.17, 15) is 13.2 Å². The Bertz CT molecular complexity index is 725. The summed E-state index contributed by atoms with van der Waals surface area (Å²) in [6.07, 6.45) is 3.90. The van der Waals surface area contributed by atoms with Crippen LogP contribution in [0.1, 0.15) is 11.1 Å². The summed E-state index contributed by atoms with van der Waals surface area (Å²) < 4.78 is 32.0. The Labute approximate surface area is 129 Å². The lowest BCUT2D eigenvalue weighted by Gasteiger charge is -2.27. The lowest BCUT2D eigenvalue weighted by atomic mass is 10.0. The van der Waals surface area contributed by atoms with Gasteiger partial charge in [0.15, 0.2) is 0 Å². The average molecular weight is 323 g/mol. The van der Waals surface area contributed by atoms with Crippen LogP contribution in [-0.2, 0) is 32.6 Å². The van der Waals surface area contributed by atoms with Gasteiger partial charge in [-0.2, -0.15) is 4.31 Å². The van der Waals surface area contributed by atoms with Gasteiger partial charge in [0.25, 0.3) is 0 Å². The van der Waals surface area contributed by atoms with Gasteiger partial charge in [-0.15, -0.1) is 0 Å². The van der Waals surface area contributed by atoms with Crippen LogP contribution in [0.15, 0.2) is 35.2 Å². The van der Waals surface area contributed by atoms with Crippen molar-refractivity contribution in [2.75, 3.05) is 19.7 Å². The number of carboxylic acids is 1. The summed E-state index contributed by atoms with van der Waals surface area (Å²) in [7, 11) is -3.70. The third-order valence-corrected chi connectivity index (χ3v) is 5.81. The highest BCUT2D eigenvalue weighted by molar-refractivity contribution is 7.89. The molecule has 6 nitrogen and oxygen atoms in total. The van der Waals surface area contributed by atoms with E-state index < -0.39 is 21.9 Å². The van der Waals surface area contributed by atoms with Crippen LogP contribution in [0, 0.1) is 5.92 Å². The van der Waals surface area contributed by atoms with Crippen molar-refractivity contribution in [2.24, 2.45) is 5.92 Å². The van der Waals surface area contributed by atoms with Crippen molar-refractivity contribution in [2.45, 2.75) is 17.9 Å². The Morgan fingerprint density at radius 3 is 2.91 bits per heavy atom. The molecule has 1 atom stereocenters. The van der Waals surface area contributed by atoms with Gasteiger partial charge in [0.05, 0.1) is 24.0 Å². The number of ether oxygens (including phenoxy) is 1. The molecule has 118 valence electrons. The zero-order valence-electron chi connectivity index (χ0n) is 11.9. The molecule has 1 aromatic rings. The molecule has 2 aliphatic rings. The lowest BCUT2D eigenvalue weighted by Crippen LogP contribution is -2.39. The van der Waals surface area contributed by atoms with Gasteiger partial charge < -0.3 is 9.84 Å². The van der Waals surface area contributed by atoms with Gasteiger partial charge in [-0.25, -0.2) is 8.42 Å². The van der Waals surface area contributed by atoms with Crippen LogP contribution >= 0.6 is 0 Å². The van der Waals surface area contributed by atoms with Crippen LogP contribution in [-0.4, -0.2) is 43.5 Å². The molecule has 1 unspecified atom stereocenters. The second kappa shape index (κ2) is 5.83. The van der Waals surface area contributed by atoms with Crippen LogP contribution in [0.5, 0.6) is 0 Å². The maximum Gasteiger partial charge on any atom is 0.311 e. The first-order valence-corrected chi connectivity index (χ1v) is 8.51. The van der Waals surface area contributed by atoms with Gasteiger partial charge >= 0.3 is 5.97 Å². The van der Waals surface area contributed by atoms with Crippen molar-refractivity contribution in [3.8, 4) is 0 Å². The van der Waals surface area contributed by atoms with Crippen LogP contribution in [0.2, 0.25) is 0 Å². The SMILES string of the molecule is O=C(O)C1C=CCN(S(=O)(=O)c2ccc3c(c2)COCC3)C1. The predicted molar refractivity (Wildman–Crippen MR) is 78.8 cm³/mol. The molecule has 0 amide bonds. The first-order chi connectivity index (χ1) is 10.5. The monoisotopic (exact) mass is 323 g/mol. The topological polar surface area (TPSA) is 83.9 Å². The molecule has 1 N–H and O–H groups in total. The number of hydrogen-bond acceptors (Lipinski definition) is 4. The summed E-state index contributed by atoms with van der Waals surface area (Å²) in [4.78, 5) is 11.3. The number of rotatable bonds is 3. The Morgan fingerprint density at radius 1 is 1.32 bits per heavy atom. The summed E-state index contributed by atoms with van der Waals surface area (Å²) in [5.74, 6) is -1.82. The predicted octanol–water partition coefficient (Wildman–Crippen LogP) is 1.02. The van der Waals surface area contributed by atoms with Gasteiger partial charge in [-0.1, -0.05) is 18.2 Å². The smallest absolute Gasteiger partial charge is 0.311 e. The summed E-state index contributed by atoms with van der Waals surface area (Å²) in [5.41, 5.74) is 1.99. The van der Waals surface area contributed by atoms with E-state index in [-0.39, 0.29) is 18.0 Å². The van der Waals surface area contributed by atoms with Crippen molar-refractivity contribution in [3.63, 3.8) is 0 Å². The summed E-state index contributed by atoms with van der Waals surface area (Å²) >= 11 is 0. The fourth-order valence-corrected chi connectivity index (χ4v) is 4.18. The van der Waals surface area contributed by atoms with E-state index in [0.29, 0.717) is 13.2 Å². The minimum atomic E-state index is -3.70. The quantitative estimate of drug-likeness (QED) is 0.840. The second-order valence-corrected chi connectivity index (χ2v) is 7.37. The molecule has 0 bridgehead atoms. The molecule has 0 aromatic heterocycles. The van der Waals surface area contributed by atoms with Crippen LogP contribution in [0.4, 0.5) is 0 Å². The van der Waals surface area contributed by atoms with Crippen molar-refractivity contribution >= 4 is 16.0 Å². The molecular formula is C15H17NO5S. The fourth-order valence-electron chi connectivity index (χ4n) is 2.71. The first kappa shape index (κ1) is 15.2. The third-order valence-electron chi connectivity index (χ3n) is 3.98. The molecule has 0 fully saturated rings. The van der Waals surface area contributed by atoms with Crippen LogP contribution < -0.4 is 0 Å². The second-order valence-electron chi connectivity index (χ2n) is 5.43. The Morgan fingerprint density at radius 2 is 2.14 bits per heavy atom. The van der Waals surface area contributed by atoms with Gasteiger partial charge in [0.1, 0.15) is 0 Å². The molecule has 0 radical (unpaired) electrons. The van der Waals surface area contributed by atoms with E-state index in [1.165, 1.54) is 10.4 Å². The number of nitrogens with zero attached hydrogens (tertiary/aromatic N) is 1. The molecule has 2 heterocycles. The number of aliphatic carboxylic acids is 1. The Kier molecular flexibility index (Phi) is 4.03. The van der Waals surface area contributed by atoms with E-state index in [1.807, 2.05) is 6.07 Å². The van der Waals surface area contributed by atoms with E-state index in [4.69, 9.17) is 9.84 Å². The zero-order chi connectivity index (χ0) is 15.7. The van der Waals surface area contributed by atoms with Gasteiger partial charge in [0, 0.05) is 13.1 Å². The molecule has 22 heavy (non-hydrogen) atoms. The summed E-state index contributed by atoms with van der Waals surface area (Å²) in [6.45, 7) is 1.22. The van der Waals surface area contributed by atoms with Crippen molar-refractivity contribution in [1.29, 1.82) is 0 Å². The van der Waals surface area contributed by atoms with E-state index in [0.717, 1.165) is 17.5 Å². The maximum atomic E-state index is 12.7. The molecular weight excluding hydrogens is 306 g/mol. The molecule has 1 aromatic carbocycles. The Hall–Kier alpha value is -1.70. The standard InChI is InChI=1S/C15H17NO5S/c17-15(18)12-2-1-6-16(9-12)22(19,20)14-4-3-11-5-7-21-10-13(11)8-14/h1-4,8,12H,5-7,9-10H2,(H,17,18). The number of sulfonamides is 1. The average Bonchev–Trinajstić information content (AvgIpc) is 2.54. The summed E-state index contributed by atoms with van der Waals surface area (Å²) in [5, 5.41) is 9.06. The normalized spacial score (nSPS) is 22.3. The first-order valence-electron chi connectivity index (χ1n) is 7.07. The number of hydrogen-bond donors (Lipinski definition) is 1. The van der Waals surface area contributed by atoms with Gasteiger partial charge in [0.2, 0.25) is 10.0 Å². The molecule has 3 rings (SSSR count). The molecule has 0 spiro atoms. The van der Waals surface area contributed by atoms with Crippen LogP contribution in [0.25, 0.3) is 0 Å². The highest BCUT2D eigenvalue weighted by atomic mass is 32.2. The molecule has 0 aliphatic carbocycles. The lowest BCUT2D eigenvalue weighted by molar-refractivity contribution is -0.140. The highest BCUT2D eigenvalue weighted by Gasteiger charge is 2.31. The van der Waals surface area contributed by atoms with E-state index >= 15 is 0 Å². The number of fused-ring (bicyclic) bond motifs is 1. The number of carboxylic acid groups (broad SMARTS) is 1. The minimum Gasteiger partial charge on any atom is -0.481 e. The fraction of sp³-hybridized carbons (Fsp3) is 0.400. The zero-order valence-corrected chi connectivity index (χ0v) is 12.8. The van der Waals surface area contributed by atoms with Gasteiger partial charge in [-0.3, -0.25) is 4.79 Å². The molecule has 7 heteroatoms. The van der Waals surface area contributed by atoms with E-state index in [2.05, 4.69) is 0 Å². The maximum absolute atomic E-state index is 12.7. The summed E-state index contributed by atoms with van der Waals surface area (Å²) in [6, 6.07) is 5.05. The number of benzene rings is 1. The molecule has 0 saturated heterocycles. The molecule has 2 aliphatic heterocycles. The van der Waals surface area contributed by atoms with Gasteiger partial charge in [-0.05, 0) is 29.7 Å². The third kappa shape index (κ3) is 2.79. The van der Waals surface area contributed by atoms with Crippen molar-refractivity contribution in [3.05, 3.63) is 41.5 Å². The Balaban J connectivity index is 1.90. The number of carbonyl (C=O) groups is 1. The minimum absolute atomic E-state index is 0.0399. The van der Waals surface area contributed by atoms with Crippen molar-refractivity contribution in [1.82, 2.24) is 4.31 Å². The van der Waals surface area contributed by atoms with Crippen LogP contribution in [0.3, 0.4) is 0 Å².